The maximum absolute atomic E-state index is 12.6. The molecule has 2 aliphatic rings. The predicted octanol–water partition coefficient (Wildman–Crippen LogP) is 1.33. The molecule has 180 valence electrons. The monoisotopic (exact) mass is 503 g/mol. The number of nitrogens with zero attached hydrogens (tertiary/aromatic N) is 3. The van der Waals surface area contributed by atoms with E-state index in [2.05, 4.69) is 15.2 Å². The Hall–Kier alpha value is -2.38. The molecule has 2 aromatic heterocycles. The normalized spacial score (nSPS) is 23.4. The number of aromatic nitrogens is 1. The molecule has 0 unspecified atom stereocenters. The Morgan fingerprint density at radius 3 is 2.61 bits per heavy atom. The van der Waals surface area contributed by atoms with Crippen molar-refractivity contribution in [3.8, 4) is 10.6 Å². The summed E-state index contributed by atoms with van der Waals surface area (Å²) in [5, 5.41) is 2.42. The number of amides is 1. The van der Waals surface area contributed by atoms with Crippen LogP contribution >= 0.6 is 11.3 Å². The SMILES string of the molecule is Nn1c(-c2ccc(CN3CCS(=O)(=O)CC3)s2)cccc1=NCNC(=O)[C@H]1C[C@H]1C(F)(F)F. The fourth-order valence-electron chi connectivity index (χ4n) is 3.74. The summed E-state index contributed by atoms with van der Waals surface area (Å²) in [4.78, 5) is 20.2. The van der Waals surface area contributed by atoms with E-state index in [4.69, 9.17) is 5.84 Å². The van der Waals surface area contributed by atoms with E-state index < -0.39 is 33.8 Å². The molecule has 8 nitrogen and oxygen atoms in total. The molecule has 3 heterocycles. The Kier molecular flexibility index (Phi) is 6.56. The van der Waals surface area contributed by atoms with Crippen molar-refractivity contribution in [1.82, 2.24) is 14.9 Å². The van der Waals surface area contributed by atoms with Gasteiger partial charge in [0.1, 0.15) is 12.2 Å². The van der Waals surface area contributed by atoms with Crippen LogP contribution in [0, 0.1) is 11.8 Å². The van der Waals surface area contributed by atoms with Crippen LogP contribution in [0.15, 0.2) is 35.3 Å². The number of nitrogen functional groups attached to an aromatic ring is 1. The first-order valence-corrected chi connectivity index (χ1v) is 13.0. The molecule has 1 amide bonds. The van der Waals surface area contributed by atoms with Crippen molar-refractivity contribution < 1.29 is 26.4 Å². The van der Waals surface area contributed by atoms with E-state index in [1.165, 1.54) is 16.0 Å². The van der Waals surface area contributed by atoms with Crippen molar-refractivity contribution in [3.63, 3.8) is 0 Å². The van der Waals surface area contributed by atoms with E-state index in [1.54, 1.807) is 12.1 Å². The average Bonchev–Trinajstić information content (AvgIpc) is 3.45. The highest BCUT2D eigenvalue weighted by Gasteiger charge is 2.58. The number of hydrogen-bond donors (Lipinski definition) is 2. The lowest BCUT2D eigenvalue weighted by Crippen LogP contribution is -2.39. The van der Waals surface area contributed by atoms with Crippen LogP contribution in [0.4, 0.5) is 13.2 Å². The van der Waals surface area contributed by atoms with Gasteiger partial charge in [-0.2, -0.15) is 13.2 Å². The van der Waals surface area contributed by atoms with Gasteiger partial charge in [0.05, 0.1) is 33.9 Å². The van der Waals surface area contributed by atoms with Gasteiger partial charge < -0.3 is 11.2 Å². The number of nitrogens with two attached hydrogens (primary N) is 1. The molecule has 1 aliphatic carbocycles. The first kappa shape index (κ1) is 23.8. The summed E-state index contributed by atoms with van der Waals surface area (Å²) in [5.74, 6) is 3.28. The van der Waals surface area contributed by atoms with Gasteiger partial charge in [-0.3, -0.25) is 9.69 Å². The molecular weight excluding hydrogens is 479 g/mol. The number of pyridine rings is 1. The van der Waals surface area contributed by atoms with Crippen molar-refractivity contribution in [2.75, 3.05) is 37.1 Å². The Labute approximate surface area is 192 Å². The molecule has 2 atom stereocenters. The summed E-state index contributed by atoms with van der Waals surface area (Å²) in [5.41, 5.74) is 1.06. The van der Waals surface area contributed by atoms with Crippen LogP contribution in [0.1, 0.15) is 11.3 Å². The van der Waals surface area contributed by atoms with Gasteiger partial charge in [0.25, 0.3) is 0 Å². The molecular formula is C20H24F3N5O3S2. The van der Waals surface area contributed by atoms with Gasteiger partial charge in [0.2, 0.25) is 5.91 Å². The fourth-order valence-corrected chi connectivity index (χ4v) is 6.09. The molecule has 0 aromatic carbocycles. The van der Waals surface area contributed by atoms with Crippen molar-refractivity contribution in [1.29, 1.82) is 0 Å². The second-order valence-electron chi connectivity index (χ2n) is 8.18. The summed E-state index contributed by atoms with van der Waals surface area (Å²) in [6.07, 6.45) is -4.53. The summed E-state index contributed by atoms with van der Waals surface area (Å²) in [6, 6.07) is 9.12. The van der Waals surface area contributed by atoms with Gasteiger partial charge in [0, 0.05) is 24.5 Å². The molecule has 0 bridgehead atoms. The number of sulfone groups is 1. The van der Waals surface area contributed by atoms with Crippen LogP contribution in [0.3, 0.4) is 0 Å². The number of rotatable bonds is 6. The smallest absolute Gasteiger partial charge is 0.337 e. The lowest BCUT2D eigenvalue weighted by molar-refractivity contribution is -0.154. The fraction of sp³-hybridized carbons (Fsp3) is 0.500. The summed E-state index contributed by atoms with van der Waals surface area (Å²) < 4.78 is 62.4. The average molecular weight is 504 g/mol. The van der Waals surface area contributed by atoms with Gasteiger partial charge in [-0.05, 0) is 30.7 Å². The third-order valence-electron chi connectivity index (χ3n) is 5.78. The molecule has 2 aromatic rings. The zero-order valence-electron chi connectivity index (χ0n) is 17.6. The highest BCUT2D eigenvalue weighted by molar-refractivity contribution is 7.91. The van der Waals surface area contributed by atoms with E-state index >= 15 is 0 Å². The number of halogens is 3. The molecule has 1 saturated carbocycles. The molecule has 4 rings (SSSR count). The Morgan fingerprint density at radius 1 is 1.21 bits per heavy atom. The number of carbonyl (C=O) groups excluding carboxylic acids is 1. The van der Waals surface area contributed by atoms with Crippen molar-refractivity contribution in [2.24, 2.45) is 16.8 Å². The second kappa shape index (κ2) is 9.11. The van der Waals surface area contributed by atoms with Gasteiger partial charge in [-0.25, -0.2) is 18.1 Å². The second-order valence-corrected chi connectivity index (χ2v) is 11.7. The van der Waals surface area contributed by atoms with Crippen molar-refractivity contribution in [2.45, 2.75) is 19.1 Å². The zero-order chi connectivity index (χ0) is 23.8. The van der Waals surface area contributed by atoms with Crippen LogP contribution in [-0.4, -0.2) is 61.3 Å². The lowest BCUT2D eigenvalue weighted by Gasteiger charge is -2.25. The molecule has 3 N–H and O–H groups in total. The minimum Gasteiger partial charge on any atom is -0.337 e. The Bertz CT molecular complexity index is 1190. The maximum atomic E-state index is 12.6. The molecule has 0 radical (unpaired) electrons. The topological polar surface area (TPSA) is 110 Å². The maximum Gasteiger partial charge on any atom is 0.392 e. The molecule has 0 spiro atoms. The van der Waals surface area contributed by atoms with E-state index in [9.17, 15) is 26.4 Å². The summed E-state index contributed by atoms with van der Waals surface area (Å²) in [7, 11) is -2.92. The number of nitrogens with one attached hydrogen (secondary N) is 1. The molecule has 33 heavy (non-hydrogen) atoms. The minimum absolute atomic E-state index is 0.172. The quantitative estimate of drug-likeness (QED) is 0.578. The van der Waals surface area contributed by atoms with Crippen LogP contribution in [0.2, 0.25) is 0 Å². The minimum atomic E-state index is -4.35. The molecule has 13 heteroatoms. The number of thiophene rings is 1. The summed E-state index contributed by atoms with van der Waals surface area (Å²) >= 11 is 1.54. The van der Waals surface area contributed by atoms with Gasteiger partial charge in [-0.1, -0.05) is 6.07 Å². The zero-order valence-corrected chi connectivity index (χ0v) is 19.2. The van der Waals surface area contributed by atoms with Crippen LogP contribution in [0.5, 0.6) is 0 Å². The molecule has 1 saturated heterocycles. The van der Waals surface area contributed by atoms with E-state index in [-0.39, 0.29) is 24.6 Å². The lowest BCUT2D eigenvalue weighted by atomic mass is 10.3. The van der Waals surface area contributed by atoms with E-state index in [0.29, 0.717) is 30.8 Å². The predicted molar refractivity (Wildman–Crippen MR) is 118 cm³/mol. The number of alkyl halides is 3. The third-order valence-corrected chi connectivity index (χ3v) is 8.48. The first-order valence-electron chi connectivity index (χ1n) is 10.4. The summed E-state index contributed by atoms with van der Waals surface area (Å²) in [6.45, 7) is 1.50. The van der Waals surface area contributed by atoms with Crippen LogP contribution < -0.4 is 16.6 Å². The van der Waals surface area contributed by atoms with Crippen molar-refractivity contribution in [3.05, 3.63) is 40.7 Å². The first-order chi connectivity index (χ1) is 15.5. The Morgan fingerprint density at radius 2 is 1.94 bits per heavy atom. The van der Waals surface area contributed by atoms with Gasteiger partial charge in [0.15, 0.2) is 9.84 Å². The number of hydrogen-bond acceptors (Lipinski definition) is 7. The van der Waals surface area contributed by atoms with E-state index in [1.807, 2.05) is 18.2 Å². The Balaban J connectivity index is 1.39. The largest absolute Gasteiger partial charge is 0.392 e. The van der Waals surface area contributed by atoms with Crippen molar-refractivity contribution >= 4 is 27.1 Å². The highest BCUT2D eigenvalue weighted by atomic mass is 32.2. The molecule has 1 aliphatic heterocycles. The van der Waals surface area contributed by atoms with Crippen LogP contribution in [0.25, 0.3) is 10.6 Å². The van der Waals surface area contributed by atoms with Crippen LogP contribution in [-0.2, 0) is 21.2 Å². The highest BCUT2D eigenvalue weighted by Crippen LogP contribution is 2.50. The molecule has 2 fully saturated rings. The number of carbonyl (C=O) groups is 1. The van der Waals surface area contributed by atoms with Gasteiger partial charge >= 0.3 is 6.18 Å². The van der Waals surface area contributed by atoms with Gasteiger partial charge in [-0.15, -0.1) is 11.3 Å². The van der Waals surface area contributed by atoms with E-state index in [0.717, 1.165) is 9.75 Å². The standard InChI is InChI=1S/C20H24F3N5O3S2/c21-20(22,23)15-10-14(15)19(29)26-12-25-18-3-1-2-16(28(18)24)17-5-4-13(32-17)11-27-6-8-33(30,31)9-7-27/h1-5,14-15H,6-12,24H2,(H,26,29)/t14-,15+/m0/s1. The third kappa shape index (κ3) is 5.76.